The minimum Gasteiger partial charge on any atom is -0.462 e. The first-order valence-corrected chi connectivity index (χ1v) is 39.9. The molecule has 0 radical (unpaired) electrons. The summed E-state index contributed by atoms with van der Waals surface area (Å²) in [5.41, 5.74) is 5.40. The lowest BCUT2D eigenvalue weighted by atomic mass is 10.0. The number of carbonyl (C=O) groups excluding carboxylic acids is 2. The highest BCUT2D eigenvalue weighted by Crippen LogP contribution is 2.43. The fourth-order valence-corrected chi connectivity index (χ4v) is 11.8. The van der Waals surface area contributed by atoms with E-state index in [-0.39, 0.29) is 38.6 Å². The van der Waals surface area contributed by atoms with Gasteiger partial charge in [0, 0.05) is 19.4 Å². The van der Waals surface area contributed by atoms with Crippen LogP contribution in [0.3, 0.4) is 0 Å². The van der Waals surface area contributed by atoms with Crippen LogP contribution in [-0.4, -0.2) is 49.3 Å². The molecule has 10 heteroatoms. The molecule has 526 valence electrons. The van der Waals surface area contributed by atoms with E-state index in [4.69, 9.17) is 24.3 Å². The number of carbonyl (C=O) groups is 2. The summed E-state index contributed by atoms with van der Waals surface area (Å²) in [4.78, 5) is 35.4. The Balaban J connectivity index is 3.83. The number of hydrogen-bond donors (Lipinski definition) is 2. The zero-order chi connectivity index (χ0) is 65.8. The summed E-state index contributed by atoms with van der Waals surface area (Å²) in [6.07, 6.45) is 105. The molecule has 0 fully saturated rings. The van der Waals surface area contributed by atoms with Crippen molar-refractivity contribution in [3.05, 3.63) is 109 Å². The molecule has 0 bridgehead atoms. The molecule has 0 heterocycles. The molecule has 9 nitrogen and oxygen atoms in total. The number of esters is 2. The Morgan fingerprint density at radius 1 is 0.341 bits per heavy atom. The predicted octanol–water partition coefficient (Wildman–Crippen LogP) is 25.6. The summed E-state index contributed by atoms with van der Waals surface area (Å²) in [5, 5.41) is 0. The van der Waals surface area contributed by atoms with Gasteiger partial charge in [-0.3, -0.25) is 18.6 Å². The summed E-state index contributed by atoms with van der Waals surface area (Å²) >= 11 is 0. The monoisotopic (exact) mass is 1290 g/mol. The van der Waals surface area contributed by atoms with E-state index < -0.39 is 26.5 Å². The van der Waals surface area contributed by atoms with Gasteiger partial charge >= 0.3 is 19.8 Å². The van der Waals surface area contributed by atoms with Gasteiger partial charge in [-0.25, -0.2) is 4.57 Å². The van der Waals surface area contributed by atoms with Gasteiger partial charge in [-0.15, -0.1) is 0 Å². The molecule has 0 aromatic heterocycles. The van der Waals surface area contributed by atoms with Crippen molar-refractivity contribution in [3.63, 3.8) is 0 Å². The van der Waals surface area contributed by atoms with Crippen LogP contribution in [-0.2, 0) is 32.7 Å². The second kappa shape index (κ2) is 75.7. The van der Waals surface area contributed by atoms with E-state index in [0.29, 0.717) is 6.42 Å². The van der Waals surface area contributed by atoms with Crippen LogP contribution in [0.4, 0.5) is 0 Å². The topological polar surface area (TPSA) is 134 Å². The minimum absolute atomic E-state index is 0.0448. The Bertz CT molecular complexity index is 1860. The number of phosphoric acid groups is 1. The van der Waals surface area contributed by atoms with Crippen LogP contribution in [0.5, 0.6) is 0 Å². The van der Waals surface area contributed by atoms with E-state index >= 15 is 0 Å². The largest absolute Gasteiger partial charge is 0.472 e. The van der Waals surface area contributed by atoms with Crippen LogP contribution in [0.2, 0.25) is 0 Å². The SMILES string of the molecule is CC/C=C\C/C=C\C/C=C\C/C=C\C/C=C\C/C=C\C/C=C\C/C=C\CCCCCCC(=O)OC(COC(=O)CCCCCCCCCCCCCCCCCCCCCCCCCCCCCCC/C=C\CCCCCCCCCC)COP(=O)(O)OCCN. The summed E-state index contributed by atoms with van der Waals surface area (Å²) < 4.78 is 33.2. The molecule has 0 aliphatic heterocycles. The number of ether oxygens (including phenoxy) is 2. The first-order chi connectivity index (χ1) is 44.8. The smallest absolute Gasteiger partial charge is 0.462 e. The molecule has 2 unspecified atom stereocenters. The molecule has 0 aromatic rings. The predicted molar refractivity (Wildman–Crippen MR) is 395 cm³/mol. The summed E-state index contributed by atoms with van der Waals surface area (Å²) in [7, 11) is -4.41. The molecule has 0 spiro atoms. The Morgan fingerprint density at radius 3 is 0.912 bits per heavy atom. The second-order valence-corrected chi connectivity index (χ2v) is 26.9. The van der Waals surface area contributed by atoms with E-state index in [2.05, 4.69) is 123 Å². The first kappa shape index (κ1) is 87.7. The lowest BCUT2D eigenvalue weighted by Gasteiger charge is -2.19. The normalized spacial score (nSPS) is 13.5. The maximum atomic E-state index is 12.8. The summed E-state index contributed by atoms with van der Waals surface area (Å²) in [5.74, 6) is -0.850. The maximum Gasteiger partial charge on any atom is 0.472 e. The molecular formula is C81H144NO8P. The first-order valence-electron chi connectivity index (χ1n) is 38.4. The van der Waals surface area contributed by atoms with Crippen LogP contribution < -0.4 is 5.73 Å². The van der Waals surface area contributed by atoms with Crippen molar-refractivity contribution < 1.29 is 37.6 Å². The highest BCUT2D eigenvalue weighted by molar-refractivity contribution is 7.47. The van der Waals surface area contributed by atoms with Crippen molar-refractivity contribution in [1.82, 2.24) is 0 Å². The van der Waals surface area contributed by atoms with Gasteiger partial charge in [-0.05, 0) is 103 Å². The van der Waals surface area contributed by atoms with Crippen molar-refractivity contribution in [3.8, 4) is 0 Å². The quantitative estimate of drug-likeness (QED) is 0.0264. The Hall–Kier alpha value is -3.33. The molecule has 91 heavy (non-hydrogen) atoms. The highest BCUT2D eigenvalue weighted by Gasteiger charge is 2.26. The van der Waals surface area contributed by atoms with Crippen molar-refractivity contribution in [2.75, 3.05) is 26.4 Å². The molecule has 0 rings (SSSR count). The van der Waals surface area contributed by atoms with Crippen molar-refractivity contribution in [2.24, 2.45) is 5.73 Å². The van der Waals surface area contributed by atoms with E-state index in [1.807, 2.05) is 0 Å². The summed E-state index contributed by atoms with van der Waals surface area (Å²) in [6, 6.07) is 0. The van der Waals surface area contributed by atoms with Crippen molar-refractivity contribution in [2.45, 2.75) is 367 Å². The standard InChI is InChI=1S/C81H144NO8P/c1-3-5-7-9-11-13-15-17-19-21-23-25-27-29-31-33-34-35-36-37-38-39-40-41-42-43-44-46-47-49-51-53-55-57-59-61-63-65-67-69-71-73-80(83)87-77-79(78-89-91(85,86)88-76-75-82)90-81(84)74-72-70-68-66-64-62-60-58-56-54-52-50-48-45-32-30-28-26-24-22-20-18-16-14-12-10-8-6-4-2/h6,8,12,14,18,20-21,23-24,26,30,32,48,50,54,56,60,62,79H,3-5,7,9-11,13,15-17,19,22,25,27-29,31,33-47,49,51-53,55,57-59,61,63-78,82H2,1-2H3,(H,85,86)/b8-6-,14-12-,20-18-,23-21-,26-24-,32-30-,50-48-,56-54-,62-60-. The molecule has 2 atom stereocenters. The molecule has 0 aliphatic rings. The van der Waals surface area contributed by atoms with E-state index in [1.165, 1.54) is 231 Å². The van der Waals surface area contributed by atoms with E-state index in [9.17, 15) is 19.0 Å². The van der Waals surface area contributed by atoms with Gasteiger partial charge in [0.25, 0.3) is 0 Å². The lowest BCUT2D eigenvalue weighted by molar-refractivity contribution is -0.161. The number of phosphoric ester groups is 1. The third-order valence-corrected chi connectivity index (χ3v) is 17.6. The number of allylic oxidation sites excluding steroid dienone is 18. The molecule has 0 amide bonds. The number of hydrogen-bond acceptors (Lipinski definition) is 8. The molecule has 0 saturated carbocycles. The molecule has 3 N–H and O–H groups in total. The van der Waals surface area contributed by atoms with E-state index in [0.717, 1.165) is 96.3 Å². The minimum atomic E-state index is -4.41. The van der Waals surface area contributed by atoms with Gasteiger partial charge in [0.15, 0.2) is 6.10 Å². The fraction of sp³-hybridized carbons (Fsp3) is 0.753. The second-order valence-electron chi connectivity index (χ2n) is 25.5. The molecular weight excluding hydrogens is 1150 g/mol. The van der Waals surface area contributed by atoms with Gasteiger partial charge in [-0.1, -0.05) is 354 Å². The summed E-state index contributed by atoms with van der Waals surface area (Å²) in [6.45, 7) is 3.63. The van der Waals surface area contributed by atoms with Crippen molar-refractivity contribution >= 4 is 19.8 Å². The zero-order valence-corrected chi connectivity index (χ0v) is 60.2. The van der Waals surface area contributed by atoms with Crippen LogP contribution in [0, 0.1) is 0 Å². The highest BCUT2D eigenvalue weighted by atomic mass is 31.2. The van der Waals surface area contributed by atoms with Gasteiger partial charge < -0.3 is 20.1 Å². The van der Waals surface area contributed by atoms with Gasteiger partial charge in [0.1, 0.15) is 6.61 Å². The molecule has 0 aromatic carbocycles. The van der Waals surface area contributed by atoms with Gasteiger partial charge in [0.2, 0.25) is 0 Å². The van der Waals surface area contributed by atoms with E-state index in [1.54, 1.807) is 0 Å². The van der Waals surface area contributed by atoms with Crippen LogP contribution in [0.1, 0.15) is 361 Å². The molecule has 0 aliphatic carbocycles. The number of rotatable bonds is 72. The lowest BCUT2D eigenvalue weighted by Crippen LogP contribution is -2.29. The Kier molecular flexibility index (Phi) is 72.9. The maximum absolute atomic E-state index is 12.8. The van der Waals surface area contributed by atoms with Gasteiger partial charge in [0.05, 0.1) is 13.2 Å². The zero-order valence-electron chi connectivity index (χ0n) is 59.3. The van der Waals surface area contributed by atoms with Crippen LogP contribution in [0.25, 0.3) is 0 Å². The Morgan fingerprint density at radius 2 is 0.604 bits per heavy atom. The van der Waals surface area contributed by atoms with Gasteiger partial charge in [-0.2, -0.15) is 0 Å². The number of unbranched alkanes of at least 4 members (excludes halogenated alkanes) is 41. The Labute approximate surface area is 562 Å². The number of nitrogens with two attached hydrogens (primary N) is 1. The molecule has 0 saturated heterocycles. The fourth-order valence-electron chi connectivity index (χ4n) is 11.0. The third kappa shape index (κ3) is 75.6. The average molecular weight is 1290 g/mol. The van der Waals surface area contributed by atoms with Crippen LogP contribution >= 0.6 is 7.82 Å². The average Bonchev–Trinajstić information content (AvgIpc) is 3.68. The van der Waals surface area contributed by atoms with Crippen LogP contribution in [0.15, 0.2) is 109 Å². The van der Waals surface area contributed by atoms with Crippen molar-refractivity contribution in [1.29, 1.82) is 0 Å². The third-order valence-electron chi connectivity index (χ3n) is 16.6.